The van der Waals surface area contributed by atoms with Crippen LogP contribution in [0.2, 0.25) is 0 Å². The van der Waals surface area contributed by atoms with Crippen LogP contribution in [0.15, 0.2) is 42.5 Å². The Morgan fingerprint density at radius 1 is 1.20 bits per heavy atom. The van der Waals surface area contributed by atoms with Gasteiger partial charge in [0.1, 0.15) is 5.82 Å². The van der Waals surface area contributed by atoms with Crippen LogP contribution in [-0.2, 0) is 0 Å². The minimum absolute atomic E-state index is 0.0234. The second-order valence-electron chi connectivity index (χ2n) is 4.60. The van der Waals surface area contributed by atoms with E-state index in [0.717, 1.165) is 11.8 Å². The first-order valence-electron chi connectivity index (χ1n) is 6.12. The number of halogens is 1. The molecule has 0 fully saturated rings. The second kappa shape index (κ2) is 5.61. The first-order valence-corrected chi connectivity index (χ1v) is 6.12. The fourth-order valence-electron chi connectivity index (χ4n) is 1.83. The maximum atomic E-state index is 13.4. The number of para-hydroxylation sites is 2. The third-order valence-corrected chi connectivity index (χ3v) is 2.90. The van der Waals surface area contributed by atoms with Crippen LogP contribution in [0.3, 0.4) is 0 Å². The number of hydrogen-bond acceptors (Lipinski definition) is 3. The molecule has 0 heterocycles. The van der Waals surface area contributed by atoms with Gasteiger partial charge in [0, 0.05) is 19.7 Å². The summed E-state index contributed by atoms with van der Waals surface area (Å²) in [6.45, 7) is 0. The summed E-state index contributed by atoms with van der Waals surface area (Å²) in [7, 11) is 3.77. The van der Waals surface area contributed by atoms with Gasteiger partial charge in [-0.3, -0.25) is 4.79 Å². The van der Waals surface area contributed by atoms with E-state index < -0.39 is 5.82 Å². The molecule has 0 aromatic heterocycles. The highest BCUT2D eigenvalue weighted by Crippen LogP contribution is 2.24. The molecule has 0 saturated carbocycles. The zero-order chi connectivity index (χ0) is 14.7. The molecule has 0 aliphatic carbocycles. The smallest absolute Gasteiger partial charge is 0.255 e. The molecule has 0 saturated heterocycles. The van der Waals surface area contributed by atoms with Crippen molar-refractivity contribution >= 4 is 23.0 Å². The fourth-order valence-corrected chi connectivity index (χ4v) is 1.83. The lowest BCUT2D eigenvalue weighted by molar-refractivity contribution is 0.102. The molecule has 2 aromatic rings. The van der Waals surface area contributed by atoms with Gasteiger partial charge in [0.2, 0.25) is 0 Å². The summed E-state index contributed by atoms with van der Waals surface area (Å²) < 4.78 is 13.4. The van der Waals surface area contributed by atoms with Crippen LogP contribution in [0.1, 0.15) is 10.4 Å². The van der Waals surface area contributed by atoms with Gasteiger partial charge in [0.15, 0.2) is 0 Å². The number of nitrogens with zero attached hydrogens (tertiary/aromatic N) is 1. The number of nitrogens with one attached hydrogen (secondary N) is 1. The normalized spacial score (nSPS) is 10.2. The van der Waals surface area contributed by atoms with E-state index >= 15 is 0 Å². The standard InChI is InChI=1S/C15H16FN3O/c1-19(2)14-6-4-3-5-13(14)18-15(20)10-7-8-12(17)11(16)9-10/h3-9H,17H2,1-2H3,(H,18,20). The van der Waals surface area contributed by atoms with E-state index in [9.17, 15) is 9.18 Å². The van der Waals surface area contributed by atoms with Crippen LogP contribution < -0.4 is 16.0 Å². The van der Waals surface area contributed by atoms with Crippen LogP contribution in [0.25, 0.3) is 0 Å². The summed E-state index contributed by atoms with van der Waals surface area (Å²) in [5.41, 5.74) is 7.18. The number of anilines is 3. The predicted molar refractivity (Wildman–Crippen MR) is 79.5 cm³/mol. The molecule has 0 aliphatic rings. The minimum Gasteiger partial charge on any atom is -0.396 e. The average Bonchev–Trinajstić information content (AvgIpc) is 2.42. The van der Waals surface area contributed by atoms with Gasteiger partial charge >= 0.3 is 0 Å². The molecule has 104 valence electrons. The molecule has 5 heteroatoms. The third-order valence-electron chi connectivity index (χ3n) is 2.90. The van der Waals surface area contributed by atoms with E-state index in [2.05, 4.69) is 5.32 Å². The van der Waals surface area contributed by atoms with E-state index in [-0.39, 0.29) is 17.2 Å². The molecule has 2 aromatic carbocycles. The SMILES string of the molecule is CN(C)c1ccccc1NC(=O)c1ccc(N)c(F)c1. The van der Waals surface area contributed by atoms with Gasteiger partial charge in [-0.1, -0.05) is 12.1 Å². The van der Waals surface area contributed by atoms with Crippen molar-refractivity contribution in [3.63, 3.8) is 0 Å². The van der Waals surface area contributed by atoms with Crippen LogP contribution in [-0.4, -0.2) is 20.0 Å². The van der Waals surface area contributed by atoms with Gasteiger partial charge in [-0.05, 0) is 30.3 Å². The Labute approximate surface area is 117 Å². The topological polar surface area (TPSA) is 58.4 Å². The monoisotopic (exact) mass is 273 g/mol. The lowest BCUT2D eigenvalue weighted by atomic mass is 10.1. The maximum Gasteiger partial charge on any atom is 0.255 e. The van der Waals surface area contributed by atoms with Crippen molar-refractivity contribution in [1.82, 2.24) is 0 Å². The molecule has 0 bridgehead atoms. The molecule has 0 spiro atoms. The Hall–Kier alpha value is -2.56. The second-order valence-corrected chi connectivity index (χ2v) is 4.60. The molecule has 4 nitrogen and oxygen atoms in total. The average molecular weight is 273 g/mol. The highest BCUT2D eigenvalue weighted by atomic mass is 19.1. The number of hydrogen-bond donors (Lipinski definition) is 2. The molecule has 2 rings (SSSR count). The van der Waals surface area contributed by atoms with Crippen molar-refractivity contribution in [2.75, 3.05) is 30.0 Å². The molecule has 1 amide bonds. The number of nitrogen functional groups attached to an aromatic ring is 1. The van der Waals surface area contributed by atoms with Gasteiger partial charge in [0.25, 0.3) is 5.91 Å². The Kier molecular flexibility index (Phi) is 3.89. The number of carbonyl (C=O) groups is 1. The Morgan fingerprint density at radius 2 is 1.90 bits per heavy atom. The summed E-state index contributed by atoms with van der Waals surface area (Å²) in [5, 5.41) is 2.77. The summed E-state index contributed by atoms with van der Waals surface area (Å²) in [6, 6.07) is 11.4. The van der Waals surface area contributed by atoms with Crippen molar-refractivity contribution in [3.8, 4) is 0 Å². The maximum absolute atomic E-state index is 13.4. The van der Waals surface area contributed by atoms with Crippen LogP contribution >= 0.6 is 0 Å². The zero-order valence-corrected chi connectivity index (χ0v) is 11.4. The van der Waals surface area contributed by atoms with E-state index in [1.54, 1.807) is 6.07 Å². The first kappa shape index (κ1) is 13.9. The van der Waals surface area contributed by atoms with E-state index in [0.29, 0.717) is 5.69 Å². The summed E-state index contributed by atoms with van der Waals surface area (Å²) in [4.78, 5) is 14.0. The van der Waals surface area contributed by atoms with E-state index in [4.69, 9.17) is 5.73 Å². The molecule has 20 heavy (non-hydrogen) atoms. The molecule has 0 aliphatic heterocycles. The van der Waals surface area contributed by atoms with Crippen molar-refractivity contribution in [1.29, 1.82) is 0 Å². The van der Waals surface area contributed by atoms with Crippen LogP contribution in [0.4, 0.5) is 21.5 Å². The van der Waals surface area contributed by atoms with Crippen molar-refractivity contribution in [2.24, 2.45) is 0 Å². The lowest BCUT2D eigenvalue weighted by Crippen LogP contribution is -2.16. The molecular weight excluding hydrogens is 257 g/mol. The molecular formula is C15H16FN3O. The van der Waals surface area contributed by atoms with Gasteiger partial charge in [-0.15, -0.1) is 0 Å². The highest BCUT2D eigenvalue weighted by molar-refractivity contribution is 6.06. The van der Waals surface area contributed by atoms with Crippen molar-refractivity contribution in [3.05, 3.63) is 53.8 Å². The summed E-state index contributed by atoms with van der Waals surface area (Å²) in [6.07, 6.45) is 0. The number of rotatable bonds is 3. The number of carbonyl (C=O) groups excluding carboxylic acids is 1. The lowest BCUT2D eigenvalue weighted by Gasteiger charge is -2.17. The first-order chi connectivity index (χ1) is 9.49. The van der Waals surface area contributed by atoms with Crippen LogP contribution in [0.5, 0.6) is 0 Å². The number of amides is 1. The Balaban J connectivity index is 2.26. The molecule has 0 radical (unpaired) electrons. The van der Waals surface area contributed by atoms with Gasteiger partial charge in [0.05, 0.1) is 17.1 Å². The summed E-state index contributed by atoms with van der Waals surface area (Å²) >= 11 is 0. The third kappa shape index (κ3) is 2.88. The van der Waals surface area contributed by atoms with Gasteiger partial charge < -0.3 is 16.0 Å². The molecule has 0 unspecified atom stereocenters. The van der Waals surface area contributed by atoms with Crippen molar-refractivity contribution < 1.29 is 9.18 Å². The van der Waals surface area contributed by atoms with Crippen molar-refractivity contribution in [2.45, 2.75) is 0 Å². The number of benzene rings is 2. The Bertz CT molecular complexity index is 641. The highest BCUT2D eigenvalue weighted by Gasteiger charge is 2.11. The number of nitrogens with two attached hydrogens (primary N) is 1. The van der Waals surface area contributed by atoms with E-state index in [1.807, 2.05) is 37.2 Å². The van der Waals surface area contributed by atoms with Crippen LogP contribution in [0, 0.1) is 5.82 Å². The fraction of sp³-hybridized carbons (Fsp3) is 0.133. The largest absolute Gasteiger partial charge is 0.396 e. The zero-order valence-electron chi connectivity index (χ0n) is 11.4. The quantitative estimate of drug-likeness (QED) is 0.845. The Morgan fingerprint density at radius 3 is 2.55 bits per heavy atom. The van der Waals surface area contributed by atoms with Gasteiger partial charge in [-0.25, -0.2) is 4.39 Å². The van der Waals surface area contributed by atoms with E-state index in [1.165, 1.54) is 12.1 Å². The predicted octanol–water partition coefficient (Wildman–Crippen LogP) is 2.73. The molecule has 0 atom stereocenters. The summed E-state index contributed by atoms with van der Waals surface area (Å²) in [5.74, 6) is -0.975. The minimum atomic E-state index is -0.599. The van der Waals surface area contributed by atoms with Gasteiger partial charge in [-0.2, -0.15) is 0 Å². The molecule has 3 N–H and O–H groups in total.